The van der Waals surface area contributed by atoms with E-state index in [1.807, 2.05) is 0 Å². The quantitative estimate of drug-likeness (QED) is 0.662. The second-order valence-corrected chi connectivity index (χ2v) is 3.54. The summed E-state index contributed by atoms with van der Waals surface area (Å²) in [5.74, 6) is 1.76. The van der Waals surface area contributed by atoms with Crippen molar-refractivity contribution in [3.8, 4) is 0 Å². The van der Waals surface area contributed by atoms with Crippen LogP contribution in [-0.4, -0.2) is 32.1 Å². The van der Waals surface area contributed by atoms with Crippen LogP contribution in [0.3, 0.4) is 0 Å². The molecule has 1 atom stereocenters. The number of hydrogen-bond acceptors (Lipinski definition) is 3. The summed E-state index contributed by atoms with van der Waals surface area (Å²) in [5, 5.41) is 3.35. The molecule has 0 aromatic rings. The number of nitrogens with zero attached hydrogens (tertiary/aromatic N) is 1. The molecule has 0 bridgehead atoms. The highest BCUT2D eigenvalue weighted by atomic mass is 16.5. The maximum Gasteiger partial charge on any atom is 0.183 e. The van der Waals surface area contributed by atoms with Gasteiger partial charge in [-0.3, -0.25) is 4.99 Å². The molecule has 0 spiro atoms. The highest BCUT2D eigenvalue weighted by Gasteiger charge is 2.18. The van der Waals surface area contributed by atoms with Crippen LogP contribution in [0.1, 0.15) is 19.3 Å². The first-order chi connectivity index (χ1) is 5.95. The SMILES string of the molecule is C1CN=C(CC2CCNC2)OC1. The zero-order valence-electron chi connectivity index (χ0n) is 7.38. The monoisotopic (exact) mass is 168 g/mol. The van der Waals surface area contributed by atoms with Crippen molar-refractivity contribution in [1.29, 1.82) is 0 Å². The van der Waals surface area contributed by atoms with Gasteiger partial charge in [0.25, 0.3) is 0 Å². The molecule has 0 amide bonds. The Morgan fingerprint density at radius 2 is 2.58 bits per heavy atom. The van der Waals surface area contributed by atoms with E-state index in [-0.39, 0.29) is 0 Å². The van der Waals surface area contributed by atoms with E-state index in [0.29, 0.717) is 0 Å². The summed E-state index contributed by atoms with van der Waals surface area (Å²) in [6, 6.07) is 0. The van der Waals surface area contributed by atoms with Crippen molar-refractivity contribution >= 4 is 5.90 Å². The third-order valence-electron chi connectivity index (χ3n) is 2.48. The van der Waals surface area contributed by atoms with Gasteiger partial charge in [0.15, 0.2) is 5.90 Å². The fourth-order valence-corrected chi connectivity index (χ4v) is 1.76. The number of nitrogens with one attached hydrogen (secondary N) is 1. The van der Waals surface area contributed by atoms with Crippen LogP contribution in [0.15, 0.2) is 4.99 Å². The summed E-state index contributed by atoms with van der Waals surface area (Å²) in [6.45, 7) is 4.15. The fraction of sp³-hybridized carbons (Fsp3) is 0.889. The van der Waals surface area contributed by atoms with E-state index in [1.165, 1.54) is 6.42 Å². The minimum atomic E-state index is 0.766. The summed E-state index contributed by atoms with van der Waals surface area (Å²) in [6.07, 6.45) is 3.42. The van der Waals surface area contributed by atoms with E-state index in [9.17, 15) is 0 Å². The van der Waals surface area contributed by atoms with Gasteiger partial charge in [-0.1, -0.05) is 0 Å². The van der Waals surface area contributed by atoms with Crippen LogP contribution in [0.5, 0.6) is 0 Å². The lowest BCUT2D eigenvalue weighted by atomic mass is 10.1. The molecule has 1 saturated heterocycles. The Bertz CT molecular complexity index is 173. The van der Waals surface area contributed by atoms with Crippen LogP contribution < -0.4 is 5.32 Å². The summed E-state index contributed by atoms with van der Waals surface area (Å²) in [4.78, 5) is 4.36. The Kier molecular flexibility index (Phi) is 2.61. The van der Waals surface area contributed by atoms with Crippen LogP contribution in [0.4, 0.5) is 0 Å². The van der Waals surface area contributed by atoms with E-state index in [0.717, 1.165) is 50.9 Å². The molecule has 12 heavy (non-hydrogen) atoms. The van der Waals surface area contributed by atoms with Gasteiger partial charge in [0.05, 0.1) is 6.61 Å². The van der Waals surface area contributed by atoms with Gasteiger partial charge in [-0.05, 0) is 25.4 Å². The molecule has 3 heteroatoms. The van der Waals surface area contributed by atoms with Crippen molar-refractivity contribution in [3.05, 3.63) is 0 Å². The minimum absolute atomic E-state index is 0.766. The molecular formula is C9H16N2O. The normalized spacial score (nSPS) is 29.7. The fourth-order valence-electron chi connectivity index (χ4n) is 1.76. The molecule has 2 aliphatic heterocycles. The lowest BCUT2D eigenvalue weighted by molar-refractivity contribution is 0.267. The Hall–Kier alpha value is -0.570. The lowest BCUT2D eigenvalue weighted by Gasteiger charge is -2.16. The number of ether oxygens (including phenoxy) is 1. The molecule has 0 radical (unpaired) electrons. The van der Waals surface area contributed by atoms with Crippen LogP contribution in [-0.2, 0) is 4.74 Å². The minimum Gasteiger partial charge on any atom is -0.481 e. The van der Waals surface area contributed by atoms with Gasteiger partial charge in [-0.2, -0.15) is 0 Å². The summed E-state index contributed by atoms with van der Waals surface area (Å²) in [5.41, 5.74) is 0. The van der Waals surface area contributed by atoms with Gasteiger partial charge < -0.3 is 10.1 Å². The standard InChI is InChI=1S/C9H16N2O/c1-3-11-9(12-5-1)6-8-2-4-10-7-8/h8,10H,1-7H2. The average molecular weight is 168 g/mol. The molecule has 0 aliphatic carbocycles. The molecule has 1 unspecified atom stereocenters. The van der Waals surface area contributed by atoms with Crippen LogP contribution in [0, 0.1) is 5.92 Å². The summed E-state index contributed by atoms with van der Waals surface area (Å²) >= 11 is 0. The third-order valence-corrected chi connectivity index (χ3v) is 2.48. The zero-order valence-corrected chi connectivity index (χ0v) is 7.38. The number of hydrogen-bond donors (Lipinski definition) is 1. The second kappa shape index (κ2) is 3.90. The predicted molar refractivity (Wildman–Crippen MR) is 48.5 cm³/mol. The number of aliphatic imine (C=N–C) groups is 1. The summed E-state index contributed by atoms with van der Waals surface area (Å²) < 4.78 is 5.46. The van der Waals surface area contributed by atoms with Crippen LogP contribution in [0.25, 0.3) is 0 Å². The van der Waals surface area contributed by atoms with E-state index >= 15 is 0 Å². The Balaban J connectivity index is 1.80. The first-order valence-corrected chi connectivity index (χ1v) is 4.82. The van der Waals surface area contributed by atoms with Gasteiger partial charge in [0, 0.05) is 19.4 Å². The molecule has 3 nitrogen and oxygen atoms in total. The van der Waals surface area contributed by atoms with Crippen molar-refractivity contribution in [1.82, 2.24) is 5.32 Å². The second-order valence-electron chi connectivity index (χ2n) is 3.54. The molecule has 1 fully saturated rings. The molecule has 0 aromatic carbocycles. The van der Waals surface area contributed by atoms with Crippen molar-refractivity contribution in [2.24, 2.45) is 10.9 Å². The van der Waals surface area contributed by atoms with Gasteiger partial charge in [-0.25, -0.2) is 0 Å². The van der Waals surface area contributed by atoms with Crippen molar-refractivity contribution in [2.45, 2.75) is 19.3 Å². The zero-order chi connectivity index (χ0) is 8.23. The van der Waals surface area contributed by atoms with Crippen LogP contribution in [0.2, 0.25) is 0 Å². The van der Waals surface area contributed by atoms with Gasteiger partial charge in [0.2, 0.25) is 0 Å². The molecule has 0 aromatic heterocycles. The smallest absolute Gasteiger partial charge is 0.183 e. The maximum atomic E-state index is 5.46. The van der Waals surface area contributed by atoms with Crippen LogP contribution >= 0.6 is 0 Å². The largest absolute Gasteiger partial charge is 0.481 e. The Labute approximate surface area is 73.2 Å². The first-order valence-electron chi connectivity index (χ1n) is 4.82. The first kappa shape index (κ1) is 8.05. The average Bonchev–Trinajstić information content (AvgIpc) is 2.59. The van der Waals surface area contributed by atoms with E-state index < -0.39 is 0 Å². The van der Waals surface area contributed by atoms with Gasteiger partial charge in [-0.15, -0.1) is 0 Å². The molecule has 2 rings (SSSR count). The number of rotatable bonds is 2. The highest BCUT2D eigenvalue weighted by molar-refractivity contribution is 5.76. The van der Waals surface area contributed by atoms with E-state index in [4.69, 9.17) is 4.74 Å². The topological polar surface area (TPSA) is 33.6 Å². The van der Waals surface area contributed by atoms with E-state index in [1.54, 1.807) is 0 Å². The maximum absolute atomic E-state index is 5.46. The van der Waals surface area contributed by atoms with Crippen molar-refractivity contribution < 1.29 is 4.74 Å². The van der Waals surface area contributed by atoms with E-state index in [2.05, 4.69) is 10.3 Å². The Morgan fingerprint density at radius 1 is 1.58 bits per heavy atom. The third kappa shape index (κ3) is 1.97. The highest BCUT2D eigenvalue weighted by Crippen LogP contribution is 2.14. The molecule has 2 heterocycles. The van der Waals surface area contributed by atoms with Gasteiger partial charge in [0.1, 0.15) is 0 Å². The predicted octanol–water partition coefficient (Wildman–Crippen LogP) is 0.805. The molecule has 1 N–H and O–H groups in total. The van der Waals surface area contributed by atoms with Crippen molar-refractivity contribution in [3.63, 3.8) is 0 Å². The molecule has 0 saturated carbocycles. The molecule has 2 aliphatic rings. The molecule has 68 valence electrons. The summed E-state index contributed by atoms with van der Waals surface area (Å²) in [7, 11) is 0. The Morgan fingerprint density at radius 3 is 3.25 bits per heavy atom. The van der Waals surface area contributed by atoms with Gasteiger partial charge >= 0.3 is 0 Å². The lowest BCUT2D eigenvalue weighted by Crippen LogP contribution is -2.18. The van der Waals surface area contributed by atoms with Crippen molar-refractivity contribution in [2.75, 3.05) is 26.2 Å². The molecular weight excluding hydrogens is 152 g/mol.